The molecule has 1 atom stereocenters. The maximum absolute atomic E-state index is 11.9. The van der Waals surface area contributed by atoms with Crippen molar-refractivity contribution in [2.45, 2.75) is 45.6 Å². The first-order chi connectivity index (χ1) is 11.9. The summed E-state index contributed by atoms with van der Waals surface area (Å²) < 4.78 is 5.71. The predicted molar refractivity (Wildman–Crippen MR) is 101 cm³/mol. The van der Waals surface area contributed by atoms with Gasteiger partial charge in [-0.1, -0.05) is 18.2 Å². The molecule has 3 N–H and O–H groups in total. The monoisotopic (exact) mass is 346 g/mol. The van der Waals surface area contributed by atoms with E-state index in [-0.39, 0.29) is 18.0 Å². The van der Waals surface area contributed by atoms with Crippen LogP contribution in [0, 0.1) is 0 Å². The molecule has 1 amide bonds. The Morgan fingerprint density at radius 2 is 2.04 bits per heavy atom. The molecule has 138 valence electrons. The van der Waals surface area contributed by atoms with Crippen LogP contribution in [-0.2, 0) is 4.79 Å². The molecule has 1 aromatic rings. The first kappa shape index (κ1) is 19.1. The number of nitrogens with zero attached hydrogens (tertiary/aromatic N) is 1. The Hall–Kier alpha value is -2.24. The van der Waals surface area contributed by atoms with Gasteiger partial charge in [0.1, 0.15) is 12.3 Å². The highest BCUT2D eigenvalue weighted by atomic mass is 16.5. The molecular formula is C19H30N4O2. The van der Waals surface area contributed by atoms with E-state index in [4.69, 9.17) is 4.74 Å². The summed E-state index contributed by atoms with van der Waals surface area (Å²) in [7, 11) is 0. The van der Waals surface area contributed by atoms with E-state index in [1.807, 2.05) is 45.9 Å². The number of para-hydroxylation sites is 1. The first-order valence-corrected chi connectivity index (χ1v) is 8.94. The van der Waals surface area contributed by atoms with Crippen LogP contribution in [0.1, 0.15) is 45.6 Å². The molecule has 0 aliphatic carbocycles. The van der Waals surface area contributed by atoms with Crippen molar-refractivity contribution in [3.05, 3.63) is 29.8 Å². The molecule has 25 heavy (non-hydrogen) atoms. The second-order valence-corrected chi connectivity index (χ2v) is 7.25. The standard InChI is InChI=1S/C19H30N4O2/c1-5-20-18(22-13-17(24)23-19(2,3)4)21-12-14-10-11-25-16-9-7-6-8-15(14)16/h6-9,14H,5,10-13H2,1-4H3,(H,23,24)(H2,20,21,22). The summed E-state index contributed by atoms with van der Waals surface area (Å²) in [6.07, 6.45) is 0.966. The zero-order chi connectivity index (χ0) is 18.3. The zero-order valence-corrected chi connectivity index (χ0v) is 15.7. The fraction of sp³-hybridized carbons (Fsp3) is 0.579. The number of aliphatic imine (C=N–C) groups is 1. The molecule has 0 radical (unpaired) electrons. The van der Waals surface area contributed by atoms with E-state index in [9.17, 15) is 4.79 Å². The van der Waals surface area contributed by atoms with E-state index in [0.717, 1.165) is 31.9 Å². The summed E-state index contributed by atoms with van der Waals surface area (Å²) in [5.74, 6) is 1.92. The SMILES string of the molecule is CCNC(=NCC(=O)NC(C)(C)C)NCC1CCOc2ccccc21. The second kappa shape index (κ2) is 8.74. The van der Waals surface area contributed by atoms with Crippen LogP contribution in [-0.4, -0.2) is 43.6 Å². The van der Waals surface area contributed by atoms with Crippen LogP contribution in [0.15, 0.2) is 29.3 Å². The van der Waals surface area contributed by atoms with Crippen molar-refractivity contribution >= 4 is 11.9 Å². The van der Waals surface area contributed by atoms with Crippen LogP contribution in [0.3, 0.4) is 0 Å². The van der Waals surface area contributed by atoms with E-state index in [0.29, 0.717) is 11.9 Å². The van der Waals surface area contributed by atoms with E-state index >= 15 is 0 Å². The fourth-order valence-corrected chi connectivity index (χ4v) is 2.80. The lowest BCUT2D eigenvalue weighted by molar-refractivity contribution is -0.121. The number of carbonyl (C=O) groups is 1. The van der Waals surface area contributed by atoms with Gasteiger partial charge in [-0.05, 0) is 45.7 Å². The Kier molecular flexibility index (Phi) is 6.67. The molecule has 6 heteroatoms. The van der Waals surface area contributed by atoms with Crippen molar-refractivity contribution in [1.29, 1.82) is 0 Å². The number of hydrogen-bond acceptors (Lipinski definition) is 3. The number of hydrogen-bond donors (Lipinski definition) is 3. The predicted octanol–water partition coefficient (Wildman–Crippen LogP) is 2.02. The minimum absolute atomic E-state index is 0.0823. The molecule has 0 fully saturated rings. The minimum atomic E-state index is -0.246. The summed E-state index contributed by atoms with van der Waals surface area (Å²) in [6, 6.07) is 8.16. The molecule has 6 nitrogen and oxygen atoms in total. The molecule has 0 saturated carbocycles. The molecule has 0 spiro atoms. The quantitative estimate of drug-likeness (QED) is 0.563. The lowest BCUT2D eigenvalue weighted by Gasteiger charge is -2.26. The highest BCUT2D eigenvalue weighted by molar-refractivity contribution is 5.85. The van der Waals surface area contributed by atoms with Gasteiger partial charge in [0.15, 0.2) is 5.96 Å². The summed E-state index contributed by atoms with van der Waals surface area (Å²) in [5.41, 5.74) is 0.979. The van der Waals surface area contributed by atoms with E-state index < -0.39 is 0 Å². The lowest BCUT2D eigenvalue weighted by atomic mass is 9.93. The Balaban J connectivity index is 1.94. The number of rotatable bonds is 5. The van der Waals surface area contributed by atoms with Crippen molar-refractivity contribution in [1.82, 2.24) is 16.0 Å². The molecule has 0 aromatic heterocycles. The molecule has 1 heterocycles. The fourth-order valence-electron chi connectivity index (χ4n) is 2.80. The van der Waals surface area contributed by atoms with Gasteiger partial charge in [0, 0.05) is 24.5 Å². The molecule has 1 unspecified atom stereocenters. The van der Waals surface area contributed by atoms with Crippen LogP contribution in [0.2, 0.25) is 0 Å². The topological polar surface area (TPSA) is 74.8 Å². The molecule has 2 rings (SSSR count). The van der Waals surface area contributed by atoms with Gasteiger partial charge in [0.25, 0.3) is 0 Å². The van der Waals surface area contributed by atoms with Crippen molar-refractivity contribution in [2.75, 3.05) is 26.2 Å². The molecule has 1 aromatic carbocycles. The Bertz CT molecular complexity index is 608. The van der Waals surface area contributed by atoms with Crippen LogP contribution in [0.5, 0.6) is 5.75 Å². The normalized spacial score (nSPS) is 17.3. The third kappa shape index (κ3) is 6.29. The van der Waals surface area contributed by atoms with E-state index in [2.05, 4.69) is 27.0 Å². The number of nitrogens with one attached hydrogen (secondary N) is 3. The molecule has 0 bridgehead atoms. The summed E-state index contributed by atoms with van der Waals surface area (Å²) in [4.78, 5) is 16.3. The van der Waals surface area contributed by atoms with Crippen LogP contribution in [0.4, 0.5) is 0 Å². The molecule has 1 aliphatic heterocycles. The summed E-state index contributed by atoms with van der Waals surface area (Å²) in [6.45, 7) is 10.2. The zero-order valence-electron chi connectivity index (χ0n) is 15.7. The molecule has 0 saturated heterocycles. The van der Waals surface area contributed by atoms with E-state index in [1.54, 1.807) is 0 Å². The third-order valence-corrected chi connectivity index (χ3v) is 3.84. The van der Waals surface area contributed by atoms with E-state index in [1.165, 1.54) is 5.56 Å². The number of fused-ring (bicyclic) bond motifs is 1. The van der Waals surface area contributed by atoms with Gasteiger partial charge in [-0.25, -0.2) is 4.99 Å². The number of guanidine groups is 1. The molecule has 1 aliphatic rings. The average molecular weight is 346 g/mol. The molecular weight excluding hydrogens is 316 g/mol. The van der Waals surface area contributed by atoms with Gasteiger partial charge in [0.05, 0.1) is 6.61 Å². The smallest absolute Gasteiger partial charge is 0.242 e. The number of amides is 1. The summed E-state index contributed by atoms with van der Waals surface area (Å²) >= 11 is 0. The van der Waals surface area contributed by atoms with Gasteiger partial charge in [0.2, 0.25) is 5.91 Å². The highest BCUT2D eigenvalue weighted by Gasteiger charge is 2.21. The van der Waals surface area contributed by atoms with Crippen molar-refractivity contribution in [3.8, 4) is 5.75 Å². The number of ether oxygens (including phenoxy) is 1. The number of benzene rings is 1. The van der Waals surface area contributed by atoms with Crippen molar-refractivity contribution in [3.63, 3.8) is 0 Å². The van der Waals surface area contributed by atoms with Gasteiger partial charge in [-0.3, -0.25) is 4.79 Å². The first-order valence-electron chi connectivity index (χ1n) is 8.94. The largest absolute Gasteiger partial charge is 0.493 e. The van der Waals surface area contributed by atoms with Crippen molar-refractivity contribution in [2.24, 2.45) is 4.99 Å². The minimum Gasteiger partial charge on any atom is -0.493 e. The summed E-state index contributed by atoms with van der Waals surface area (Å²) in [5, 5.41) is 9.46. The van der Waals surface area contributed by atoms with Crippen LogP contribution in [0.25, 0.3) is 0 Å². The lowest BCUT2D eigenvalue weighted by Crippen LogP contribution is -2.43. The third-order valence-electron chi connectivity index (χ3n) is 3.84. The van der Waals surface area contributed by atoms with Crippen LogP contribution < -0.4 is 20.7 Å². The maximum Gasteiger partial charge on any atom is 0.242 e. The van der Waals surface area contributed by atoms with Gasteiger partial charge < -0.3 is 20.7 Å². The highest BCUT2D eigenvalue weighted by Crippen LogP contribution is 2.32. The Morgan fingerprint density at radius 1 is 1.28 bits per heavy atom. The van der Waals surface area contributed by atoms with Gasteiger partial charge in [-0.15, -0.1) is 0 Å². The van der Waals surface area contributed by atoms with Gasteiger partial charge >= 0.3 is 0 Å². The average Bonchev–Trinajstić information content (AvgIpc) is 2.56. The van der Waals surface area contributed by atoms with Crippen LogP contribution >= 0.6 is 0 Å². The van der Waals surface area contributed by atoms with Gasteiger partial charge in [-0.2, -0.15) is 0 Å². The second-order valence-electron chi connectivity index (χ2n) is 7.25. The number of carbonyl (C=O) groups excluding carboxylic acids is 1. The van der Waals surface area contributed by atoms with Crippen molar-refractivity contribution < 1.29 is 9.53 Å². The Morgan fingerprint density at radius 3 is 2.76 bits per heavy atom. The maximum atomic E-state index is 11.9. The Labute approximate surface area is 150 Å².